The van der Waals surface area contributed by atoms with Crippen LogP contribution in [0.1, 0.15) is 83.3 Å². The van der Waals surface area contributed by atoms with Crippen molar-refractivity contribution in [2.45, 2.75) is 77.7 Å². The molecular weight excluding hydrogens is 260 g/mol. The molecule has 1 aromatic rings. The third-order valence-electron chi connectivity index (χ3n) is 3.82. The van der Waals surface area contributed by atoms with Crippen LogP contribution < -0.4 is 4.74 Å². The van der Waals surface area contributed by atoms with E-state index in [9.17, 15) is 5.11 Å². The van der Waals surface area contributed by atoms with E-state index in [0.717, 1.165) is 30.6 Å². The van der Waals surface area contributed by atoms with Crippen molar-refractivity contribution < 1.29 is 9.84 Å². The van der Waals surface area contributed by atoms with Crippen molar-refractivity contribution in [2.24, 2.45) is 0 Å². The Kier molecular flexibility index (Phi) is 9.98. The lowest BCUT2D eigenvalue weighted by Crippen LogP contribution is -2.03. The SMILES string of the molecule is CCCCCCCCCC(O)c1ccccc1OCCC. The average Bonchev–Trinajstić information content (AvgIpc) is 2.52. The number of hydrogen-bond donors (Lipinski definition) is 1. The number of rotatable bonds is 12. The summed E-state index contributed by atoms with van der Waals surface area (Å²) >= 11 is 0. The van der Waals surface area contributed by atoms with Gasteiger partial charge in [0.15, 0.2) is 0 Å². The summed E-state index contributed by atoms with van der Waals surface area (Å²) in [5, 5.41) is 10.4. The molecule has 0 saturated heterocycles. The molecule has 2 nitrogen and oxygen atoms in total. The van der Waals surface area contributed by atoms with Crippen molar-refractivity contribution in [2.75, 3.05) is 6.61 Å². The van der Waals surface area contributed by atoms with Crippen LogP contribution in [0.4, 0.5) is 0 Å². The number of aliphatic hydroxyl groups excluding tert-OH is 1. The second kappa shape index (κ2) is 11.6. The van der Waals surface area contributed by atoms with E-state index in [-0.39, 0.29) is 0 Å². The number of aliphatic hydroxyl groups is 1. The number of hydrogen-bond acceptors (Lipinski definition) is 2. The molecule has 0 aliphatic carbocycles. The third kappa shape index (κ3) is 7.52. The van der Waals surface area contributed by atoms with Gasteiger partial charge in [-0.3, -0.25) is 0 Å². The lowest BCUT2D eigenvalue weighted by molar-refractivity contribution is 0.157. The maximum atomic E-state index is 10.4. The molecule has 0 heterocycles. The highest BCUT2D eigenvalue weighted by atomic mass is 16.5. The summed E-state index contributed by atoms with van der Waals surface area (Å²) in [6, 6.07) is 7.88. The highest BCUT2D eigenvalue weighted by molar-refractivity contribution is 5.35. The van der Waals surface area contributed by atoms with Crippen LogP contribution in [-0.2, 0) is 0 Å². The summed E-state index contributed by atoms with van der Waals surface area (Å²) in [4.78, 5) is 0. The molecule has 0 amide bonds. The molecule has 1 atom stereocenters. The van der Waals surface area contributed by atoms with Crippen LogP contribution in [0.2, 0.25) is 0 Å². The van der Waals surface area contributed by atoms with E-state index < -0.39 is 6.10 Å². The van der Waals surface area contributed by atoms with Crippen LogP contribution in [-0.4, -0.2) is 11.7 Å². The lowest BCUT2D eigenvalue weighted by atomic mass is 10.0. The van der Waals surface area contributed by atoms with Crippen LogP contribution in [0.5, 0.6) is 5.75 Å². The Morgan fingerprint density at radius 3 is 2.29 bits per heavy atom. The molecule has 1 rings (SSSR count). The minimum absolute atomic E-state index is 0.395. The van der Waals surface area contributed by atoms with Gasteiger partial charge in [-0.1, -0.05) is 77.0 Å². The largest absolute Gasteiger partial charge is 0.493 e. The van der Waals surface area contributed by atoms with E-state index in [1.165, 1.54) is 38.5 Å². The van der Waals surface area contributed by atoms with Crippen LogP contribution >= 0.6 is 0 Å². The van der Waals surface area contributed by atoms with E-state index in [2.05, 4.69) is 13.8 Å². The van der Waals surface area contributed by atoms with Crippen molar-refractivity contribution in [3.63, 3.8) is 0 Å². The Hall–Kier alpha value is -1.02. The fourth-order valence-electron chi connectivity index (χ4n) is 2.55. The maximum Gasteiger partial charge on any atom is 0.125 e. The van der Waals surface area contributed by atoms with Gasteiger partial charge >= 0.3 is 0 Å². The minimum atomic E-state index is -0.395. The van der Waals surface area contributed by atoms with Crippen LogP contribution in [0.25, 0.3) is 0 Å². The van der Waals surface area contributed by atoms with Gasteiger partial charge in [-0.2, -0.15) is 0 Å². The smallest absolute Gasteiger partial charge is 0.125 e. The van der Waals surface area contributed by atoms with Gasteiger partial charge in [-0.15, -0.1) is 0 Å². The van der Waals surface area contributed by atoms with Gasteiger partial charge in [0.2, 0.25) is 0 Å². The topological polar surface area (TPSA) is 29.5 Å². The molecule has 120 valence electrons. The molecule has 0 bridgehead atoms. The second-order valence-corrected chi connectivity index (χ2v) is 5.81. The fraction of sp³-hybridized carbons (Fsp3) is 0.684. The molecule has 1 aromatic carbocycles. The first kappa shape index (κ1) is 18.0. The summed E-state index contributed by atoms with van der Waals surface area (Å²) < 4.78 is 5.72. The highest BCUT2D eigenvalue weighted by Crippen LogP contribution is 2.28. The fourth-order valence-corrected chi connectivity index (χ4v) is 2.55. The van der Waals surface area contributed by atoms with Crippen LogP contribution in [0, 0.1) is 0 Å². The van der Waals surface area contributed by atoms with Crippen molar-refractivity contribution in [3.05, 3.63) is 29.8 Å². The van der Waals surface area contributed by atoms with Gasteiger partial charge in [-0.05, 0) is 18.9 Å². The van der Waals surface area contributed by atoms with Gasteiger partial charge in [0, 0.05) is 5.56 Å². The molecule has 21 heavy (non-hydrogen) atoms. The lowest BCUT2D eigenvalue weighted by Gasteiger charge is -2.16. The predicted molar refractivity (Wildman–Crippen MR) is 89.8 cm³/mol. The first-order valence-corrected chi connectivity index (χ1v) is 8.69. The average molecular weight is 292 g/mol. The zero-order valence-electron chi connectivity index (χ0n) is 13.8. The van der Waals surface area contributed by atoms with E-state index in [1.807, 2.05) is 24.3 Å². The molecule has 0 aromatic heterocycles. The van der Waals surface area contributed by atoms with E-state index >= 15 is 0 Å². The van der Waals surface area contributed by atoms with Crippen molar-refractivity contribution in [1.82, 2.24) is 0 Å². The van der Waals surface area contributed by atoms with Crippen LogP contribution in [0.3, 0.4) is 0 Å². The highest BCUT2D eigenvalue weighted by Gasteiger charge is 2.12. The quantitative estimate of drug-likeness (QED) is 0.504. The molecule has 0 aliphatic rings. The predicted octanol–water partition coefficient (Wildman–Crippen LogP) is 5.65. The summed E-state index contributed by atoms with van der Waals surface area (Å²) in [6.45, 7) is 5.05. The maximum absolute atomic E-state index is 10.4. The van der Waals surface area contributed by atoms with Crippen LogP contribution in [0.15, 0.2) is 24.3 Å². The Balaban J connectivity index is 2.29. The van der Waals surface area contributed by atoms with Crippen molar-refractivity contribution >= 4 is 0 Å². The standard InChI is InChI=1S/C19H32O2/c1-3-5-6-7-8-9-10-14-18(20)17-13-11-12-15-19(17)21-16-4-2/h11-13,15,18,20H,3-10,14,16H2,1-2H3. The Morgan fingerprint density at radius 1 is 0.905 bits per heavy atom. The Bertz CT molecular complexity index is 362. The summed E-state index contributed by atoms with van der Waals surface area (Å²) in [5.74, 6) is 0.842. The minimum Gasteiger partial charge on any atom is -0.493 e. The van der Waals surface area contributed by atoms with Gasteiger partial charge < -0.3 is 9.84 Å². The Morgan fingerprint density at radius 2 is 1.57 bits per heavy atom. The number of unbranched alkanes of at least 4 members (excludes halogenated alkanes) is 6. The normalized spacial score (nSPS) is 12.3. The zero-order chi connectivity index (χ0) is 15.3. The third-order valence-corrected chi connectivity index (χ3v) is 3.82. The molecular formula is C19H32O2. The monoisotopic (exact) mass is 292 g/mol. The van der Waals surface area contributed by atoms with Gasteiger partial charge in [0.05, 0.1) is 12.7 Å². The van der Waals surface area contributed by atoms with Gasteiger partial charge in [0.1, 0.15) is 5.75 Å². The summed E-state index contributed by atoms with van der Waals surface area (Å²) in [6.07, 6.45) is 10.4. The molecule has 2 heteroatoms. The molecule has 1 N–H and O–H groups in total. The van der Waals surface area contributed by atoms with E-state index in [4.69, 9.17) is 4.74 Å². The second-order valence-electron chi connectivity index (χ2n) is 5.81. The summed E-state index contributed by atoms with van der Waals surface area (Å²) in [7, 11) is 0. The molecule has 1 unspecified atom stereocenters. The Labute approximate surface area is 130 Å². The van der Waals surface area contributed by atoms with Gasteiger partial charge in [-0.25, -0.2) is 0 Å². The summed E-state index contributed by atoms with van der Waals surface area (Å²) in [5.41, 5.74) is 0.942. The van der Waals surface area contributed by atoms with E-state index in [0.29, 0.717) is 6.61 Å². The number of para-hydroxylation sites is 1. The molecule has 0 radical (unpaired) electrons. The first-order valence-electron chi connectivity index (χ1n) is 8.69. The first-order chi connectivity index (χ1) is 10.3. The molecule has 0 fully saturated rings. The van der Waals surface area contributed by atoms with Crippen molar-refractivity contribution in [3.8, 4) is 5.75 Å². The zero-order valence-corrected chi connectivity index (χ0v) is 13.8. The molecule has 0 spiro atoms. The van der Waals surface area contributed by atoms with E-state index in [1.54, 1.807) is 0 Å². The number of benzene rings is 1. The molecule has 0 saturated carbocycles. The van der Waals surface area contributed by atoms with Gasteiger partial charge in [0.25, 0.3) is 0 Å². The molecule has 0 aliphatic heterocycles. The van der Waals surface area contributed by atoms with Crippen molar-refractivity contribution in [1.29, 1.82) is 0 Å². The number of ether oxygens (including phenoxy) is 1.